The molecular weight excluding hydrogens is 264 g/mol. The first kappa shape index (κ1) is 13.8. The molecule has 0 saturated carbocycles. The van der Waals surface area contributed by atoms with Gasteiger partial charge >= 0.3 is 0 Å². The van der Waals surface area contributed by atoms with Crippen LogP contribution in [0.3, 0.4) is 0 Å². The zero-order valence-electron chi connectivity index (χ0n) is 11.1. The number of nitrogens with zero attached hydrogens (tertiary/aromatic N) is 2. The first-order valence-electron chi connectivity index (χ1n) is 5.85. The summed E-state index contributed by atoms with van der Waals surface area (Å²) in [5, 5.41) is 3.80. The van der Waals surface area contributed by atoms with Crippen LogP contribution < -0.4 is 0 Å². The van der Waals surface area contributed by atoms with Gasteiger partial charge in [0.15, 0.2) is 0 Å². The molecule has 19 heavy (non-hydrogen) atoms. The van der Waals surface area contributed by atoms with Crippen molar-refractivity contribution in [2.24, 2.45) is 0 Å². The van der Waals surface area contributed by atoms with Gasteiger partial charge in [-0.15, -0.1) is 0 Å². The van der Waals surface area contributed by atoms with Gasteiger partial charge in [-0.3, -0.25) is 0 Å². The van der Waals surface area contributed by atoms with Crippen molar-refractivity contribution in [3.05, 3.63) is 47.3 Å². The maximum atomic E-state index is 12.4. The highest BCUT2D eigenvalue weighted by molar-refractivity contribution is 7.89. The highest BCUT2D eigenvalue weighted by Crippen LogP contribution is 2.17. The van der Waals surface area contributed by atoms with Gasteiger partial charge in [0.05, 0.1) is 17.1 Å². The predicted molar refractivity (Wildman–Crippen MR) is 71.1 cm³/mol. The molecule has 0 aliphatic rings. The fourth-order valence-electron chi connectivity index (χ4n) is 1.76. The number of aromatic nitrogens is 1. The van der Waals surface area contributed by atoms with Gasteiger partial charge < -0.3 is 4.52 Å². The average Bonchev–Trinajstić information content (AvgIpc) is 2.74. The maximum absolute atomic E-state index is 12.4. The van der Waals surface area contributed by atoms with Gasteiger partial charge in [-0.25, -0.2) is 8.42 Å². The molecule has 0 atom stereocenters. The average molecular weight is 280 g/mol. The van der Waals surface area contributed by atoms with Gasteiger partial charge in [0, 0.05) is 13.1 Å². The smallest absolute Gasteiger partial charge is 0.243 e. The zero-order chi connectivity index (χ0) is 14.0. The number of aryl methyl sites for hydroxylation is 2. The summed E-state index contributed by atoms with van der Waals surface area (Å²) in [5.74, 6) is 0.663. The molecule has 102 valence electrons. The van der Waals surface area contributed by atoms with E-state index < -0.39 is 10.0 Å². The number of benzene rings is 1. The van der Waals surface area contributed by atoms with Crippen molar-refractivity contribution in [3.63, 3.8) is 0 Å². The monoisotopic (exact) mass is 280 g/mol. The maximum Gasteiger partial charge on any atom is 0.243 e. The molecule has 0 saturated heterocycles. The molecule has 0 radical (unpaired) electrons. The van der Waals surface area contributed by atoms with E-state index >= 15 is 0 Å². The molecule has 0 unspecified atom stereocenters. The Bertz CT molecular complexity index is 677. The second kappa shape index (κ2) is 5.14. The Morgan fingerprint density at radius 3 is 2.58 bits per heavy atom. The molecule has 1 heterocycles. The van der Waals surface area contributed by atoms with Crippen LogP contribution in [0.15, 0.2) is 39.8 Å². The third kappa shape index (κ3) is 3.02. The Labute approximate surface area is 112 Å². The molecule has 0 amide bonds. The fraction of sp³-hybridized carbons (Fsp3) is 0.308. The molecule has 1 aromatic heterocycles. The summed E-state index contributed by atoms with van der Waals surface area (Å²) < 4.78 is 30.9. The van der Waals surface area contributed by atoms with Gasteiger partial charge in [-0.05, 0) is 31.5 Å². The van der Waals surface area contributed by atoms with Crippen LogP contribution in [-0.4, -0.2) is 24.9 Å². The van der Waals surface area contributed by atoms with E-state index in [1.807, 2.05) is 13.0 Å². The summed E-state index contributed by atoms with van der Waals surface area (Å²) in [6.07, 6.45) is 0. The lowest BCUT2D eigenvalue weighted by molar-refractivity contribution is 0.378. The minimum absolute atomic E-state index is 0.188. The van der Waals surface area contributed by atoms with Crippen molar-refractivity contribution in [2.45, 2.75) is 25.3 Å². The van der Waals surface area contributed by atoms with Crippen LogP contribution in [0, 0.1) is 13.8 Å². The Hall–Kier alpha value is -1.66. The zero-order valence-corrected chi connectivity index (χ0v) is 11.9. The van der Waals surface area contributed by atoms with E-state index in [1.165, 1.54) is 11.4 Å². The van der Waals surface area contributed by atoms with Crippen molar-refractivity contribution >= 4 is 10.0 Å². The topological polar surface area (TPSA) is 63.4 Å². The molecule has 0 spiro atoms. The standard InChI is InChI=1S/C13H16N2O3S/c1-10-5-4-6-13(7-10)19(16,17)15(3)9-12-8-11(2)18-14-12/h4-8H,9H2,1-3H3. The lowest BCUT2D eigenvalue weighted by Gasteiger charge is -2.16. The third-order valence-electron chi connectivity index (χ3n) is 2.76. The quantitative estimate of drug-likeness (QED) is 0.860. The van der Waals surface area contributed by atoms with Crippen LogP contribution in [0.1, 0.15) is 17.0 Å². The van der Waals surface area contributed by atoms with Crippen LogP contribution in [-0.2, 0) is 16.6 Å². The summed E-state index contributed by atoms with van der Waals surface area (Å²) in [6, 6.07) is 8.56. The molecule has 0 aliphatic heterocycles. The lowest BCUT2D eigenvalue weighted by Crippen LogP contribution is -2.26. The molecule has 1 aromatic carbocycles. The minimum Gasteiger partial charge on any atom is -0.361 e. The van der Waals surface area contributed by atoms with Crippen molar-refractivity contribution in [2.75, 3.05) is 7.05 Å². The minimum atomic E-state index is -3.50. The van der Waals surface area contributed by atoms with E-state index in [1.54, 1.807) is 31.2 Å². The molecular formula is C13H16N2O3S. The fourth-order valence-corrected chi connectivity index (χ4v) is 3.01. The van der Waals surface area contributed by atoms with E-state index in [4.69, 9.17) is 4.52 Å². The summed E-state index contributed by atoms with van der Waals surface area (Å²) >= 11 is 0. The van der Waals surface area contributed by atoms with Crippen molar-refractivity contribution in [1.29, 1.82) is 0 Å². The predicted octanol–water partition coefficient (Wildman–Crippen LogP) is 2.11. The van der Waals surface area contributed by atoms with Crippen LogP contribution in [0.5, 0.6) is 0 Å². The number of sulfonamides is 1. The number of rotatable bonds is 4. The first-order chi connectivity index (χ1) is 8.89. The molecule has 5 nitrogen and oxygen atoms in total. The molecule has 2 rings (SSSR count). The normalized spacial score (nSPS) is 12.0. The van der Waals surface area contributed by atoms with Crippen LogP contribution in [0.25, 0.3) is 0 Å². The molecule has 2 aromatic rings. The van der Waals surface area contributed by atoms with Crippen LogP contribution in [0.4, 0.5) is 0 Å². The highest BCUT2D eigenvalue weighted by atomic mass is 32.2. The van der Waals surface area contributed by atoms with Gasteiger partial charge in [-0.1, -0.05) is 17.3 Å². The Morgan fingerprint density at radius 2 is 2.00 bits per heavy atom. The van der Waals surface area contributed by atoms with E-state index in [-0.39, 0.29) is 11.4 Å². The van der Waals surface area contributed by atoms with Crippen LogP contribution >= 0.6 is 0 Å². The Balaban J connectivity index is 2.24. The number of hydrogen-bond donors (Lipinski definition) is 0. The van der Waals surface area contributed by atoms with Gasteiger partial charge in [-0.2, -0.15) is 4.31 Å². The number of hydrogen-bond acceptors (Lipinski definition) is 4. The van der Waals surface area contributed by atoms with Gasteiger partial charge in [0.2, 0.25) is 10.0 Å². The Kier molecular flexibility index (Phi) is 3.73. The summed E-state index contributed by atoms with van der Waals surface area (Å²) in [5.41, 5.74) is 1.50. The third-order valence-corrected chi connectivity index (χ3v) is 4.56. The van der Waals surface area contributed by atoms with E-state index in [0.717, 1.165) is 5.56 Å². The highest BCUT2D eigenvalue weighted by Gasteiger charge is 2.21. The van der Waals surface area contributed by atoms with Crippen LogP contribution in [0.2, 0.25) is 0 Å². The summed E-state index contributed by atoms with van der Waals surface area (Å²) in [4.78, 5) is 0.287. The largest absolute Gasteiger partial charge is 0.361 e. The molecule has 0 N–H and O–H groups in total. The van der Waals surface area contributed by atoms with E-state index in [9.17, 15) is 8.42 Å². The van der Waals surface area contributed by atoms with E-state index in [0.29, 0.717) is 11.5 Å². The SMILES string of the molecule is Cc1cccc(S(=O)(=O)N(C)Cc2cc(C)on2)c1. The van der Waals surface area contributed by atoms with E-state index in [2.05, 4.69) is 5.16 Å². The summed E-state index contributed by atoms with van der Waals surface area (Å²) in [7, 11) is -1.97. The van der Waals surface area contributed by atoms with Gasteiger partial charge in [0.25, 0.3) is 0 Å². The first-order valence-corrected chi connectivity index (χ1v) is 7.29. The lowest BCUT2D eigenvalue weighted by atomic mass is 10.2. The second-order valence-corrected chi connectivity index (χ2v) is 6.55. The van der Waals surface area contributed by atoms with Crippen molar-refractivity contribution in [1.82, 2.24) is 9.46 Å². The molecule has 0 bridgehead atoms. The molecule has 0 fully saturated rings. The molecule has 0 aliphatic carbocycles. The Morgan fingerprint density at radius 1 is 1.26 bits per heavy atom. The van der Waals surface area contributed by atoms with Crippen molar-refractivity contribution < 1.29 is 12.9 Å². The van der Waals surface area contributed by atoms with Crippen molar-refractivity contribution in [3.8, 4) is 0 Å². The summed E-state index contributed by atoms with van der Waals surface area (Å²) in [6.45, 7) is 3.82. The van der Waals surface area contributed by atoms with Gasteiger partial charge in [0.1, 0.15) is 5.76 Å². The second-order valence-electron chi connectivity index (χ2n) is 4.51. The molecule has 6 heteroatoms.